The Hall–Kier alpha value is -3.57. The minimum atomic E-state index is -0.0513. The van der Waals surface area contributed by atoms with E-state index in [1.165, 1.54) is 34.9 Å². The van der Waals surface area contributed by atoms with E-state index < -0.39 is 0 Å². The number of methoxy groups -OCH3 is 1. The Morgan fingerprint density at radius 2 is 1.67 bits per heavy atom. The molecule has 186 valence electrons. The Balaban J connectivity index is 1.44. The van der Waals surface area contributed by atoms with Gasteiger partial charge in [0.25, 0.3) is 0 Å². The highest BCUT2D eigenvalue weighted by Gasteiger charge is 2.23. The van der Waals surface area contributed by atoms with Gasteiger partial charge in [-0.1, -0.05) is 60.7 Å². The fourth-order valence-electron chi connectivity index (χ4n) is 5.32. The number of carbonyl (C=O) groups is 1. The van der Waals surface area contributed by atoms with Gasteiger partial charge >= 0.3 is 0 Å². The maximum absolute atomic E-state index is 13.2. The summed E-state index contributed by atoms with van der Waals surface area (Å²) in [5, 5.41) is 4.38. The molecule has 1 aromatic heterocycles. The molecule has 1 amide bonds. The number of aromatic nitrogens is 1. The van der Waals surface area contributed by atoms with Crippen LogP contribution in [0.2, 0.25) is 0 Å². The van der Waals surface area contributed by atoms with Crippen LogP contribution < -0.4 is 10.1 Å². The molecule has 0 aliphatic carbocycles. The number of nitrogens with zero attached hydrogens (tertiary/aromatic N) is 2. The highest BCUT2D eigenvalue weighted by atomic mass is 16.5. The molecule has 1 saturated heterocycles. The number of fused-ring (bicyclic) bond motifs is 1. The fourth-order valence-corrected chi connectivity index (χ4v) is 5.32. The summed E-state index contributed by atoms with van der Waals surface area (Å²) in [5.41, 5.74) is 4.74. The van der Waals surface area contributed by atoms with E-state index in [1.54, 1.807) is 7.11 Å². The summed E-state index contributed by atoms with van der Waals surface area (Å²) in [6, 6.07) is 27.2. The summed E-state index contributed by atoms with van der Waals surface area (Å²) in [6.45, 7) is 4.70. The van der Waals surface area contributed by atoms with E-state index >= 15 is 0 Å². The zero-order chi connectivity index (χ0) is 24.7. The molecule has 0 saturated carbocycles. The number of amides is 1. The molecule has 0 unspecified atom stereocenters. The monoisotopic (exact) mass is 481 g/mol. The highest BCUT2D eigenvalue weighted by Crippen LogP contribution is 2.35. The quantitative estimate of drug-likeness (QED) is 0.328. The van der Waals surface area contributed by atoms with E-state index in [1.807, 2.05) is 18.2 Å². The van der Waals surface area contributed by atoms with E-state index in [0.29, 0.717) is 13.0 Å². The first-order chi connectivity index (χ1) is 17.7. The Morgan fingerprint density at radius 3 is 2.42 bits per heavy atom. The normalized spacial score (nSPS) is 14.7. The molecule has 1 aliphatic heterocycles. The number of ether oxygens (including phenoxy) is 1. The van der Waals surface area contributed by atoms with E-state index in [0.717, 1.165) is 37.5 Å². The van der Waals surface area contributed by atoms with Crippen molar-refractivity contribution in [2.24, 2.45) is 0 Å². The summed E-state index contributed by atoms with van der Waals surface area (Å²) < 4.78 is 7.70. The Labute approximate surface area is 213 Å². The van der Waals surface area contributed by atoms with Gasteiger partial charge in [0, 0.05) is 49.1 Å². The van der Waals surface area contributed by atoms with Gasteiger partial charge in [0.15, 0.2) is 0 Å². The van der Waals surface area contributed by atoms with Gasteiger partial charge < -0.3 is 19.5 Å². The average molecular weight is 482 g/mol. The van der Waals surface area contributed by atoms with E-state index in [9.17, 15) is 4.79 Å². The van der Waals surface area contributed by atoms with E-state index in [4.69, 9.17) is 4.74 Å². The van der Waals surface area contributed by atoms with Crippen LogP contribution in [0.15, 0.2) is 85.1 Å². The molecule has 1 N–H and O–H groups in total. The van der Waals surface area contributed by atoms with Crippen LogP contribution in [0.5, 0.6) is 5.75 Å². The van der Waals surface area contributed by atoms with Crippen LogP contribution >= 0.6 is 0 Å². The summed E-state index contributed by atoms with van der Waals surface area (Å²) in [5.74, 6) is 0.860. The molecule has 2 heterocycles. The Kier molecular flexibility index (Phi) is 7.67. The third-order valence-corrected chi connectivity index (χ3v) is 7.25. The molecule has 0 spiro atoms. The first-order valence-electron chi connectivity index (χ1n) is 13.0. The maximum Gasteiger partial charge on any atom is 0.220 e. The molecule has 0 radical (unpaired) electrons. The summed E-state index contributed by atoms with van der Waals surface area (Å²) in [6.07, 6.45) is 5.18. The number of likely N-dealkylation sites (tertiary alicyclic amines) is 1. The van der Waals surface area contributed by atoms with Crippen molar-refractivity contribution >= 4 is 16.8 Å². The van der Waals surface area contributed by atoms with Crippen molar-refractivity contribution in [2.75, 3.05) is 33.3 Å². The zero-order valence-electron chi connectivity index (χ0n) is 21.0. The van der Waals surface area contributed by atoms with Crippen molar-refractivity contribution in [3.05, 3.63) is 102 Å². The minimum absolute atomic E-state index is 0.0513. The lowest BCUT2D eigenvalue weighted by Crippen LogP contribution is -2.34. The third-order valence-electron chi connectivity index (χ3n) is 7.25. The second-order valence-corrected chi connectivity index (χ2v) is 9.64. The number of para-hydroxylation sites is 1. The SMILES string of the molecule is COc1ccc([C@H](CC(=O)NCCN2CCCC2)c2cn(Cc3ccccc3)c3ccccc23)cc1. The highest BCUT2D eigenvalue weighted by molar-refractivity contribution is 5.86. The van der Waals surface area contributed by atoms with Crippen LogP contribution in [-0.4, -0.2) is 48.7 Å². The van der Waals surface area contributed by atoms with E-state index in [-0.39, 0.29) is 11.8 Å². The maximum atomic E-state index is 13.2. The molecule has 4 aromatic rings. The molecule has 0 bridgehead atoms. The van der Waals surface area contributed by atoms with Crippen LogP contribution in [0.1, 0.15) is 41.9 Å². The Bertz CT molecular complexity index is 1270. The first-order valence-corrected chi connectivity index (χ1v) is 13.0. The molecule has 1 fully saturated rings. The lowest BCUT2D eigenvalue weighted by molar-refractivity contribution is -0.121. The van der Waals surface area contributed by atoms with Gasteiger partial charge in [-0.15, -0.1) is 0 Å². The molecule has 3 aromatic carbocycles. The lowest BCUT2D eigenvalue weighted by atomic mass is 9.88. The van der Waals surface area contributed by atoms with Crippen LogP contribution in [0.4, 0.5) is 0 Å². The molecular formula is C31H35N3O2. The number of hydrogen-bond donors (Lipinski definition) is 1. The first kappa shape index (κ1) is 24.1. The average Bonchev–Trinajstić information content (AvgIpc) is 3.56. The molecule has 5 rings (SSSR count). The topological polar surface area (TPSA) is 46.5 Å². The number of nitrogens with one attached hydrogen (secondary N) is 1. The standard InChI is InChI=1S/C31H35N3O2/c1-36-26-15-13-25(14-16-26)28(21-31(35)32-17-20-33-18-7-8-19-33)29-23-34(22-24-9-3-2-4-10-24)30-12-6-5-11-27(29)30/h2-6,9-16,23,28H,7-8,17-22H2,1H3,(H,32,35)/t28-/m0/s1. The minimum Gasteiger partial charge on any atom is -0.497 e. The Morgan fingerprint density at radius 1 is 0.944 bits per heavy atom. The van der Waals surface area contributed by atoms with Crippen LogP contribution in [0.3, 0.4) is 0 Å². The second kappa shape index (κ2) is 11.4. The van der Waals surface area contributed by atoms with Gasteiger partial charge in [0.2, 0.25) is 5.91 Å². The number of hydrogen-bond acceptors (Lipinski definition) is 3. The summed E-state index contributed by atoms with van der Waals surface area (Å²) in [7, 11) is 1.68. The van der Waals surface area contributed by atoms with Crippen molar-refractivity contribution in [3.63, 3.8) is 0 Å². The largest absolute Gasteiger partial charge is 0.497 e. The van der Waals surface area contributed by atoms with Crippen molar-refractivity contribution in [1.82, 2.24) is 14.8 Å². The predicted molar refractivity (Wildman–Crippen MR) is 146 cm³/mol. The number of rotatable bonds is 10. The smallest absolute Gasteiger partial charge is 0.220 e. The lowest BCUT2D eigenvalue weighted by Gasteiger charge is -2.19. The fraction of sp³-hybridized carbons (Fsp3) is 0.323. The molecule has 5 nitrogen and oxygen atoms in total. The molecule has 5 heteroatoms. The number of benzene rings is 3. The van der Waals surface area contributed by atoms with Gasteiger partial charge in [-0.25, -0.2) is 0 Å². The summed E-state index contributed by atoms with van der Waals surface area (Å²) >= 11 is 0. The molecular weight excluding hydrogens is 446 g/mol. The molecule has 1 aliphatic rings. The van der Waals surface area contributed by atoms with Crippen molar-refractivity contribution in [1.29, 1.82) is 0 Å². The van der Waals surface area contributed by atoms with Crippen molar-refractivity contribution in [2.45, 2.75) is 31.7 Å². The van der Waals surface area contributed by atoms with Crippen molar-refractivity contribution in [3.8, 4) is 5.75 Å². The summed E-state index contributed by atoms with van der Waals surface area (Å²) in [4.78, 5) is 15.6. The van der Waals surface area contributed by atoms with Gasteiger partial charge in [-0.2, -0.15) is 0 Å². The molecule has 36 heavy (non-hydrogen) atoms. The van der Waals surface area contributed by atoms with Gasteiger partial charge in [-0.3, -0.25) is 4.79 Å². The van der Waals surface area contributed by atoms with Crippen LogP contribution in [0.25, 0.3) is 10.9 Å². The van der Waals surface area contributed by atoms with Crippen LogP contribution in [-0.2, 0) is 11.3 Å². The predicted octanol–water partition coefficient (Wildman–Crippen LogP) is 5.43. The zero-order valence-corrected chi connectivity index (χ0v) is 21.0. The van der Waals surface area contributed by atoms with E-state index in [2.05, 4.69) is 81.6 Å². The third kappa shape index (κ3) is 5.63. The van der Waals surface area contributed by atoms with Gasteiger partial charge in [-0.05, 0) is 60.8 Å². The van der Waals surface area contributed by atoms with Gasteiger partial charge in [0.05, 0.1) is 7.11 Å². The van der Waals surface area contributed by atoms with Crippen LogP contribution in [0, 0.1) is 0 Å². The van der Waals surface area contributed by atoms with Gasteiger partial charge in [0.1, 0.15) is 5.75 Å². The van der Waals surface area contributed by atoms with Crippen molar-refractivity contribution < 1.29 is 9.53 Å². The molecule has 1 atom stereocenters. The second-order valence-electron chi connectivity index (χ2n) is 9.64. The number of carbonyl (C=O) groups excluding carboxylic acids is 1.